The highest BCUT2D eigenvalue weighted by atomic mass is 15.3. The summed E-state index contributed by atoms with van der Waals surface area (Å²) in [6.07, 6.45) is 1.74. The van der Waals surface area contributed by atoms with Gasteiger partial charge >= 0.3 is 0 Å². The first-order chi connectivity index (χ1) is 7.06. The van der Waals surface area contributed by atoms with Crippen molar-refractivity contribution in [2.75, 3.05) is 0 Å². The Morgan fingerprint density at radius 1 is 1.53 bits per heavy atom. The molecule has 1 heterocycles. The van der Waals surface area contributed by atoms with Crippen LogP contribution in [0.15, 0.2) is 35.2 Å². The Kier molecular flexibility index (Phi) is 3.44. The zero-order chi connectivity index (χ0) is 11.4. The molecule has 4 heteroatoms. The zero-order valence-electron chi connectivity index (χ0n) is 9.41. The first-order valence-corrected chi connectivity index (χ1v) is 4.64. The van der Waals surface area contributed by atoms with Crippen LogP contribution in [0.2, 0.25) is 0 Å². The molecule has 0 fully saturated rings. The molecule has 1 aromatic rings. The van der Waals surface area contributed by atoms with Crippen molar-refractivity contribution in [2.24, 2.45) is 12.0 Å². The average Bonchev–Trinajstić information content (AvgIpc) is 2.63. The maximum Gasteiger partial charge on any atom is 0.0835 e. The van der Waals surface area contributed by atoms with Gasteiger partial charge in [0.15, 0.2) is 0 Å². The molecule has 0 atom stereocenters. The lowest BCUT2D eigenvalue weighted by atomic mass is 10.3. The lowest BCUT2D eigenvalue weighted by Crippen LogP contribution is -2.12. The maximum atomic E-state index is 4.07. The van der Waals surface area contributed by atoms with Crippen LogP contribution in [0.25, 0.3) is 5.70 Å². The van der Waals surface area contributed by atoms with Gasteiger partial charge in [-0.3, -0.25) is 9.67 Å². The molecule has 4 nitrogen and oxygen atoms in total. The summed E-state index contributed by atoms with van der Waals surface area (Å²) in [7, 11) is 1.87. The second kappa shape index (κ2) is 4.59. The lowest BCUT2D eigenvalue weighted by Gasteiger charge is -2.11. The summed E-state index contributed by atoms with van der Waals surface area (Å²) < 4.78 is 1.76. The van der Waals surface area contributed by atoms with Crippen LogP contribution >= 0.6 is 0 Å². The molecule has 0 radical (unpaired) electrons. The van der Waals surface area contributed by atoms with Crippen molar-refractivity contribution in [3.63, 3.8) is 0 Å². The molecule has 0 aliphatic carbocycles. The number of aliphatic imine (C=N–C) groups is 1. The van der Waals surface area contributed by atoms with Gasteiger partial charge in [0.05, 0.1) is 17.1 Å². The topological polar surface area (TPSA) is 42.2 Å². The summed E-state index contributed by atoms with van der Waals surface area (Å²) in [5.41, 5.74) is 3.55. The highest BCUT2D eigenvalue weighted by Gasteiger charge is 2.04. The standard InChI is InChI=1S/C11H16N4/c1-8(12-4)9(2)14-10(3)11-6-7-13-15(11)5/h6-7,14H,3-4H2,1-2,5H3/b9-8+. The normalized spacial score (nSPS) is 11.9. The molecule has 0 bridgehead atoms. The van der Waals surface area contributed by atoms with Gasteiger partial charge in [-0.25, -0.2) is 0 Å². The van der Waals surface area contributed by atoms with Gasteiger partial charge in [-0.2, -0.15) is 5.10 Å². The summed E-state index contributed by atoms with van der Waals surface area (Å²) in [4.78, 5) is 3.85. The van der Waals surface area contributed by atoms with Gasteiger partial charge in [-0.15, -0.1) is 0 Å². The fourth-order valence-corrected chi connectivity index (χ4v) is 1.17. The zero-order valence-corrected chi connectivity index (χ0v) is 9.41. The number of hydrogen-bond acceptors (Lipinski definition) is 3. The number of hydrogen-bond donors (Lipinski definition) is 1. The second-order valence-corrected chi connectivity index (χ2v) is 3.31. The Balaban J connectivity index is 2.82. The lowest BCUT2D eigenvalue weighted by molar-refractivity contribution is 0.750. The van der Waals surface area contributed by atoms with Gasteiger partial charge in [0.25, 0.3) is 0 Å². The Hall–Kier alpha value is -1.84. The van der Waals surface area contributed by atoms with E-state index < -0.39 is 0 Å². The minimum absolute atomic E-state index is 0.801. The SMILES string of the molecule is C=N/C(C)=C(\C)NC(=C)c1ccnn1C. The van der Waals surface area contributed by atoms with Crippen LogP contribution in [-0.2, 0) is 7.05 Å². The minimum Gasteiger partial charge on any atom is -0.356 e. The molecule has 0 spiro atoms. The number of aryl methyl sites for hydroxylation is 1. The van der Waals surface area contributed by atoms with E-state index in [0.29, 0.717) is 0 Å². The number of rotatable bonds is 4. The second-order valence-electron chi connectivity index (χ2n) is 3.31. The molecule has 15 heavy (non-hydrogen) atoms. The summed E-state index contributed by atoms with van der Waals surface area (Å²) in [5.74, 6) is 0. The summed E-state index contributed by atoms with van der Waals surface area (Å²) in [6, 6.07) is 1.90. The van der Waals surface area contributed by atoms with E-state index in [-0.39, 0.29) is 0 Å². The van der Waals surface area contributed by atoms with Crippen molar-refractivity contribution in [3.8, 4) is 0 Å². The van der Waals surface area contributed by atoms with Crippen molar-refractivity contribution in [1.82, 2.24) is 15.1 Å². The molecular formula is C11H16N4. The van der Waals surface area contributed by atoms with Crippen LogP contribution in [0, 0.1) is 0 Å². The third-order valence-corrected chi connectivity index (χ3v) is 2.25. The summed E-state index contributed by atoms with van der Waals surface area (Å²) in [6.45, 7) is 11.3. The highest BCUT2D eigenvalue weighted by Crippen LogP contribution is 2.11. The largest absolute Gasteiger partial charge is 0.356 e. The predicted molar refractivity (Wildman–Crippen MR) is 63.3 cm³/mol. The van der Waals surface area contributed by atoms with Crippen molar-refractivity contribution in [3.05, 3.63) is 35.9 Å². The quantitative estimate of drug-likeness (QED) is 0.761. The monoisotopic (exact) mass is 204 g/mol. The summed E-state index contributed by atoms with van der Waals surface area (Å²) >= 11 is 0. The smallest absolute Gasteiger partial charge is 0.0835 e. The van der Waals surface area contributed by atoms with Gasteiger partial charge in [0, 0.05) is 18.9 Å². The van der Waals surface area contributed by atoms with E-state index in [2.05, 4.69) is 28.7 Å². The first kappa shape index (κ1) is 11.2. The fraction of sp³-hybridized carbons (Fsp3) is 0.273. The molecule has 0 aliphatic heterocycles. The third-order valence-electron chi connectivity index (χ3n) is 2.25. The average molecular weight is 204 g/mol. The van der Waals surface area contributed by atoms with Gasteiger partial charge < -0.3 is 5.32 Å². The molecule has 1 rings (SSSR count). The van der Waals surface area contributed by atoms with E-state index in [0.717, 1.165) is 22.8 Å². The van der Waals surface area contributed by atoms with Crippen LogP contribution < -0.4 is 5.32 Å². The van der Waals surface area contributed by atoms with E-state index in [9.17, 15) is 0 Å². The molecule has 0 aliphatic rings. The van der Waals surface area contributed by atoms with E-state index in [4.69, 9.17) is 0 Å². The Morgan fingerprint density at radius 2 is 2.20 bits per heavy atom. The van der Waals surface area contributed by atoms with E-state index in [1.54, 1.807) is 10.9 Å². The molecule has 0 saturated heterocycles. The number of allylic oxidation sites excluding steroid dienone is 2. The van der Waals surface area contributed by atoms with Crippen LogP contribution in [-0.4, -0.2) is 16.5 Å². The van der Waals surface area contributed by atoms with Crippen molar-refractivity contribution in [1.29, 1.82) is 0 Å². The van der Waals surface area contributed by atoms with Gasteiger partial charge in [0.1, 0.15) is 0 Å². The first-order valence-electron chi connectivity index (χ1n) is 4.64. The Labute approximate surface area is 90.0 Å². The Bertz CT molecular complexity index is 412. The molecule has 0 amide bonds. The number of nitrogens with one attached hydrogen (secondary N) is 1. The highest BCUT2D eigenvalue weighted by molar-refractivity contribution is 5.60. The van der Waals surface area contributed by atoms with E-state index in [1.165, 1.54) is 0 Å². The van der Waals surface area contributed by atoms with Crippen molar-refractivity contribution >= 4 is 12.4 Å². The van der Waals surface area contributed by atoms with E-state index in [1.807, 2.05) is 27.0 Å². The molecule has 0 aromatic carbocycles. The Morgan fingerprint density at radius 3 is 2.67 bits per heavy atom. The molecule has 80 valence electrons. The van der Waals surface area contributed by atoms with Crippen molar-refractivity contribution in [2.45, 2.75) is 13.8 Å². The van der Waals surface area contributed by atoms with E-state index >= 15 is 0 Å². The van der Waals surface area contributed by atoms with Crippen LogP contribution in [0.4, 0.5) is 0 Å². The molecule has 0 saturated carbocycles. The molecular weight excluding hydrogens is 188 g/mol. The van der Waals surface area contributed by atoms with Crippen LogP contribution in [0.1, 0.15) is 19.5 Å². The van der Waals surface area contributed by atoms with Gasteiger partial charge in [-0.1, -0.05) is 6.58 Å². The predicted octanol–water partition coefficient (Wildman–Crippen LogP) is 1.93. The number of aromatic nitrogens is 2. The number of nitrogens with zero attached hydrogens (tertiary/aromatic N) is 3. The third kappa shape index (κ3) is 2.56. The molecule has 1 aromatic heterocycles. The minimum atomic E-state index is 0.801. The van der Waals surface area contributed by atoms with Crippen LogP contribution in [0.3, 0.4) is 0 Å². The summed E-state index contributed by atoms with van der Waals surface area (Å²) in [5, 5.41) is 7.24. The van der Waals surface area contributed by atoms with Gasteiger partial charge in [-0.05, 0) is 26.6 Å². The molecule has 1 N–H and O–H groups in total. The molecule has 0 unspecified atom stereocenters. The van der Waals surface area contributed by atoms with Crippen LogP contribution in [0.5, 0.6) is 0 Å². The van der Waals surface area contributed by atoms with Crippen molar-refractivity contribution < 1.29 is 0 Å². The fourth-order valence-electron chi connectivity index (χ4n) is 1.17. The maximum absolute atomic E-state index is 4.07. The van der Waals surface area contributed by atoms with Gasteiger partial charge in [0.2, 0.25) is 0 Å².